The van der Waals surface area contributed by atoms with E-state index in [0.717, 1.165) is 24.9 Å². The van der Waals surface area contributed by atoms with Crippen molar-refractivity contribution in [1.82, 2.24) is 4.90 Å². The van der Waals surface area contributed by atoms with E-state index in [2.05, 4.69) is 0 Å². The molecule has 4 nitrogen and oxygen atoms in total. The van der Waals surface area contributed by atoms with E-state index in [4.69, 9.17) is 17.3 Å². The molecule has 1 atom stereocenters. The second-order valence-electron chi connectivity index (χ2n) is 5.07. The minimum absolute atomic E-state index is 0.143. The lowest BCUT2D eigenvalue weighted by Gasteiger charge is -2.25. The molecule has 0 aromatic heterocycles. The Labute approximate surface area is 134 Å². The standard InChI is InChI=1S/C15H19ClN2O2S/c16-12-5-3-11(4-6-12)13-2-1-8-18(13)15(20)7-9-21-10-14(17)19/h3-6,13H,1-2,7-10H2,(H2,17,19). The van der Waals surface area contributed by atoms with Crippen LogP contribution in [0.5, 0.6) is 0 Å². The van der Waals surface area contributed by atoms with E-state index in [1.807, 2.05) is 29.2 Å². The van der Waals surface area contributed by atoms with Crippen LogP contribution >= 0.6 is 23.4 Å². The first-order valence-electron chi connectivity index (χ1n) is 6.99. The Kier molecular flexibility index (Phi) is 5.94. The molecule has 1 saturated heterocycles. The fourth-order valence-electron chi connectivity index (χ4n) is 2.57. The van der Waals surface area contributed by atoms with Crippen LogP contribution in [-0.2, 0) is 9.59 Å². The van der Waals surface area contributed by atoms with Crippen LogP contribution in [0.2, 0.25) is 5.02 Å². The molecule has 6 heteroatoms. The fourth-order valence-corrected chi connectivity index (χ4v) is 3.36. The molecule has 1 aromatic rings. The summed E-state index contributed by atoms with van der Waals surface area (Å²) < 4.78 is 0. The summed E-state index contributed by atoms with van der Waals surface area (Å²) >= 11 is 7.31. The summed E-state index contributed by atoms with van der Waals surface area (Å²) in [4.78, 5) is 24.9. The van der Waals surface area contributed by atoms with Gasteiger partial charge in [-0.2, -0.15) is 11.8 Å². The first-order chi connectivity index (χ1) is 10.1. The first kappa shape index (κ1) is 16.2. The van der Waals surface area contributed by atoms with Gasteiger partial charge >= 0.3 is 0 Å². The zero-order valence-corrected chi connectivity index (χ0v) is 13.3. The second kappa shape index (κ2) is 7.71. The zero-order valence-electron chi connectivity index (χ0n) is 11.8. The highest BCUT2D eigenvalue weighted by molar-refractivity contribution is 7.99. The molecule has 21 heavy (non-hydrogen) atoms. The number of hydrogen-bond donors (Lipinski definition) is 1. The number of halogens is 1. The van der Waals surface area contributed by atoms with Gasteiger partial charge in [0.2, 0.25) is 11.8 Å². The molecule has 1 unspecified atom stereocenters. The van der Waals surface area contributed by atoms with Crippen LogP contribution in [0.4, 0.5) is 0 Å². The van der Waals surface area contributed by atoms with E-state index in [-0.39, 0.29) is 23.6 Å². The number of primary amides is 1. The molecule has 2 N–H and O–H groups in total. The maximum absolute atomic E-state index is 12.3. The molecule has 1 aromatic carbocycles. The molecular weight excluding hydrogens is 308 g/mol. The van der Waals surface area contributed by atoms with Crippen molar-refractivity contribution in [2.24, 2.45) is 5.73 Å². The lowest BCUT2D eigenvalue weighted by Crippen LogP contribution is -2.30. The van der Waals surface area contributed by atoms with Gasteiger partial charge in [0.15, 0.2) is 0 Å². The normalized spacial score (nSPS) is 18.0. The van der Waals surface area contributed by atoms with Crippen molar-refractivity contribution < 1.29 is 9.59 Å². The number of hydrogen-bond acceptors (Lipinski definition) is 3. The van der Waals surface area contributed by atoms with Gasteiger partial charge in [0.05, 0.1) is 11.8 Å². The minimum atomic E-state index is -0.340. The number of benzene rings is 1. The molecule has 2 rings (SSSR count). The third kappa shape index (κ3) is 4.64. The van der Waals surface area contributed by atoms with E-state index in [1.54, 1.807) is 0 Å². The largest absolute Gasteiger partial charge is 0.369 e. The SMILES string of the molecule is NC(=O)CSCCC(=O)N1CCCC1c1ccc(Cl)cc1. The third-order valence-electron chi connectivity index (χ3n) is 3.53. The van der Waals surface area contributed by atoms with Crippen molar-refractivity contribution in [3.05, 3.63) is 34.9 Å². The lowest BCUT2D eigenvalue weighted by atomic mass is 10.0. The average Bonchev–Trinajstić information content (AvgIpc) is 2.93. The summed E-state index contributed by atoms with van der Waals surface area (Å²) in [6.45, 7) is 0.798. The summed E-state index contributed by atoms with van der Waals surface area (Å²) in [7, 11) is 0. The maximum Gasteiger partial charge on any atom is 0.227 e. The Hall–Kier alpha value is -1.20. The highest BCUT2D eigenvalue weighted by Crippen LogP contribution is 2.33. The third-order valence-corrected chi connectivity index (χ3v) is 4.77. The van der Waals surface area contributed by atoms with Gasteiger partial charge in [0.1, 0.15) is 0 Å². The zero-order chi connectivity index (χ0) is 15.2. The molecular formula is C15H19ClN2O2S. The van der Waals surface area contributed by atoms with Crippen LogP contribution in [0.25, 0.3) is 0 Å². The van der Waals surface area contributed by atoms with Crippen molar-refractivity contribution >= 4 is 35.2 Å². The van der Waals surface area contributed by atoms with E-state index >= 15 is 0 Å². The quantitative estimate of drug-likeness (QED) is 0.817. The highest BCUT2D eigenvalue weighted by atomic mass is 35.5. The van der Waals surface area contributed by atoms with Crippen LogP contribution < -0.4 is 5.73 Å². The number of carbonyl (C=O) groups excluding carboxylic acids is 2. The van der Waals surface area contributed by atoms with Gasteiger partial charge in [0.25, 0.3) is 0 Å². The Morgan fingerprint density at radius 3 is 2.71 bits per heavy atom. The monoisotopic (exact) mass is 326 g/mol. The van der Waals surface area contributed by atoms with Gasteiger partial charge in [-0.25, -0.2) is 0 Å². The van der Waals surface area contributed by atoms with Crippen LogP contribution in [-0.4, -0.2) is 34.8 Å². The van der Waals surface area contributed by atoms with Crippen molar-refractivity contribution in [3.63, 3.8) is 0 Å². The van der Waals surface area contributed by atoms with Crippen molar-refractivity contribution in [1.29, 1.82) is 0 Å². The van der Waals surface area contributed by atoms with Gasteiger partial charge in [-0.1, -0.05) is 23.7 Å². The topological polar surface area (TPSA) is 63.4 Å². The van der Waals surface area contributed by atoms with Crippen LogP contribution in [0.3, 0.4) is 0 Å². The van der Waals surface area contributed by atoms with Gasteiger partial charge in [0, 0.05) is 23.7 Å². The summed E-state index contributed by atoms with van der Waals surface area (Å²) in [5.74, 6) is 0.705. The summed E-state index contributed by atoms with van der Waals surface area (Å²) in [6.07, 6.45) is 2.46. The van der Waals surface area contributed by atoms with E-state index in [9.17, 15) is 9.59 Å². The number of carbonyl (C=O) groups is 2. The molecule has 2 amide bonds. The number of amides is 2. The lowest BCUT2D eigenvalue weighted by molar-refractivity contribution is -0.131. The molecule has 1 heterocycles. The van der Waals surface area contributed by atoms with Gasteiger partial charge in [-0.3, -0.25) is 9.59 Å². The number of nitrogens with two attached hydrogens (primary N) is 1. The molecule has 0 aliphatic carbocycles. The molecule has 0 bridgehead atoms. The molecule has 0 spiro atoms. The van der Waals surface area contributed by atoms with Crippen molar-refractivity contribution in [3.8, 4) is 0 Å². The van der Waals surface area contributed by atoms with E-state index in [1.165, 1.54) is 11.8 Å². The van der Waals surface area contributed by atoms with E-state index in [0.29, 0.717) is 17.2 Å². The molecule has 1 aliphatic rings. The fraction of sp³-hybridized carbons (Fsp3) is 0.467. The number of likely N-dealkylation sites (tertiary alicyclic amines) is 1. The van der Waals surface area contributed by atoms with Crippen LogP contribution in [0.1, 0.15) is 30.9 Å². The van der Waals surface area contributed by atoms with Gasteiger partial charge < -0.3 is 10.6 Å². The Balaban J connectivity index is 1.90. The average molecular weight is 327 g/mol. The van der Waals surface area contributed by atoms with Gasteiger partial charge in [-0.05, 0) is 30.5 Å². The van der Waals surface area contributed by atoms with Crippen LogP contribution in [0, 0.1) is 0 Å². The molecule has 114 valence electrons. The number of thioether (sulfide) groups is 1. The Morgan fingerprint density at radius 2 is 2.05 bits per heavy atom. The minimum Gasteiger partial charge on any atom is -0.369 e. The Bertz CT molecular complexity index is 507. The maximum atomic E-state index is 12.3. The number of nitrogens with zero attached hydrogens (tertiary/aromatic N) is 1. The summed E-state index contributed by atoms with van der Waals surface area (Å²) in [5, 5.41) is 0.706. The van der Waals surface area contributed by atoms with Crippen LogP contribution in [0.15, 0.2) is 24.3 Å². The predicted molar refractivity (Wildman–Crippen MR) is 86.3 cm³/mol. The molecule has 1 fully saturated rings. The second-order valence-corrected chi connectivity index (χ2v) is 6.61. The summed E-state index contributed by atoms with van der Waals surface area (Å²) in [5.41, 5.74) is 6.21. The highest BCUT2D eigenvalue weighted by Gasteiger charge is 2.29. The molecule has 0 radical (unpaired) electrons. The first-order valence-corrected chi connectivity index (χ1v) is 8.52. The van der Waals surface area contributed by atoms with Crippen molar-refractivity contribution in [2.45, 2.75) is 25.3 Å². The number of rotatable bonds is 6. The van der Waals surface area contributed by atoms with E-state index < -0.39 is 0 Å². The predicted octanol–water partition coefficient (Wildman–Crippen LogP) is 2.61. The molecule has 1 aliphatic heterocycles. The van der Waals surface area contributed by atoms with Gasteiger partial charge in [-0.15, -0.1) is 0 Å². The smallest absolute Gasteiger partial charge is 0.227 e. The Morgan fingerprint density at radius 1 is 1.33 bits per heavy atom. The molecule has 0 saturated carbocycles. The summed E-state index contributed by atoms with van der Waals surface area (Å²) in [6, 6.07) is 7.85. The van der Waals surface area contributed by atoms with Crippen molar-refractivity contribution in [2.75, 3.05) is 18.1 Å².